The monoisotopic (exact) mass is 520 g/mol. The Kier molecular flexibility index (Phi) is 6.68. The lowest BCUT2D eigenvalue weighted by atomic mass is 9.77. The summed E-state index contributed by atoms with van der Waals surface area (Å²) in [4.78, 5) is 22.8. The number of alkyl halides is 1. The van der Waals surface area contributed by atoms with E-state index in [4.69, 9.17) is 10.7 Å². The fraction of sp³-hybridized carbons (Fsp3) is 0.370. The largest absolute Gasteiger partial charge is 0.369 e. The van der Waals surface area contributed by atoms with Crippen molar-refractivity contribution >= 4 is 17.5 Å². The molecular formula is C27H30F2N8O. The fourth-order valence-electron chi connectivity index (χ4n) is 5.01. The Hall–Kier alpha value is -4.15. The first kappa shape index (κ1) is 25.5. The van der Waals surface area contributed by atoms with Gasteiger partial charge in [0.2, 0.25) is 5.91 Å². The van der Waals surface area contributed by atoms with Gasteiger partial charge >= 0.3 is 0 Å². The lowest BCUT2D eigenvalue weighted by Gasteiger charge is -2.34. The molecule has 1 amide bonds. The van der Waals surface area contributed by atoms with Crippen LogP contribution in [0.5, 0.6) is 0 Å². The third-order valence-electron chi connectivity index (χ3n) is 7.21. The third-order valence-corrected chi connectivity index (χ3v) is 7.21. The van der Waals surface area contributed by atoms with E-state index in [1.54, 1.807) is 18.3 Å². The number of aromatic amines is 1. The van der Waals surface area contributed by atoms with Crippen LogP contribution in [0, 0.1) is 25.6 Å². The topological polar surface area (TPSA) is 119 Å². The number of primary amides is 1. The summed E-state index contributed by atoms with van der Waals surface area (Å²) in [6, 6.07) is 8.94. The third kappa shape index (κ3) is 5.00. The van der Waals surface area contributed by atoms with Crippen molar-refractivity contribution in [3.05, 3.63) is 77.3 Å². The summed E-state index contributed by atoms with van der Waals surface area (Å²) < 4.78 is 31.0. The number of H-pyrrole nitrogens is 1. The Morgan fingerprint density at radius 2 is 1.95 bits per heavy atom. The van der Waals surface area contributed by atoms with Crippen molar-refractivity contribution in [3.63, 3.8) is 0 Å². The van der Waals surface area contributed by atoms with E-state index in [1.807, 2.05) is 43.9 Å². The molecule has 9 nitrogen and oxygen atoms in total. The van der Waals surface area contributed by atoms with E-state index >= 15 is 4.39 Å². The number of carbonyl (C=O) groups is 1. The van der Waals surface area contributed by atoms with Gasteiger partial charge in [-0.3, -0.25) is 9.89 Å². The molecule has 1 aliphatic carbocycles. The standard InChI is InChI=1S/C27H30F2N8O/c1-16-10-22(27(29)8-6-19(7-9-27)26(30)38)33-24(11-16)37(25-12-17(2)34-35-25)18(3)20-4-5-23(31-13-20)36-15-21(28)14-32-36/h4-5,10-15,18-19H,6-9H2,1-3H3,(H2,30,38)(H,34,35)/t18-,19?,27?/m0/s1. The summed E-state index contributed by atoms with van der Waals surface area (Å²) in [5.74, 6) is 0.527. The average molecular weight is 521 g/mol. The number of hydrogen-bond donors (Lipinski definition) is 2. The second-order valence-corrected chi connectivity index (χ2v) is 10.0. The van der Waals surface area contributed by atoms with E-state index in [0.717, 1.165) is 23.0 Å². The second kappa shape index (κ2) is 9.96. The minimum Gasteiger partial charge on any atom is -0.369 e. The number of rotatable bonds is 7. The Morgan fingerprint density at radius 1 is 1.18 bits per heavy atom. The number of aryl methyl sites for hydroxylation is 2. The SMILES string of the molecule is Cc1cc(N(c2cc(C)[nH]n2)[C@@H](C)c2ccc(-n3cc(F)cn3)nc2)nc(C2(F)CCC(C(N)=O)CC2)c1. The number of pyridine rings is 2. The highest BCUT2D eigenvalue weighted by Gasteiger charge is 2.40. The van der Waals surface area contributed by atoms with Crippen LogP contribution in [0.1, 0.15) is 61.2 Å². The number of carbonyl (C=O) groups excluding carboxylic acids is 1. The predicted octanol–water partition coefficient (Wildman–Crippen LogP) is 4.88. The first-order chi connectivity index (χ1) is 18.1. The summed E-state index contributed by atoms with van der Waals surface area (Å²) in [5.41, 5.74) is 6.73. The summed E-state index contributed by atoms with van der Waals surface area (Å²) in [7, 11) is 0. The predicted molar refractivity (Wildman–Crippen MR) is 138 cm³/mol. The number of hydrogen-bond acceptors (Lipinski definition) is 6. The number of nitrogens with two attached hydrogens (primary N) is 1. The Bertz CT molecular complexity index is 1440. The number of halogens is 2. The van der Waals surface area contributed by atoms with Crippen LogP contribution in [0.4, 0.5) is 20.4 Å². The van der Waals surface area contributed by atoms with Crippen molar-refractivity contribution in [2.75, 3.05) is 4.90 Å². The maximum atomic E-state index is 16.2. The molecule has 4 aromatic heterocycles. The van der Waals surface area contributed by atoms with Crippen LogP contribution >= 0.6 is 0 Å². The zero-order chi connectivity index (χ0) is 27.0. The highest BCUT2D eigenvalue weighted by atomic mass is 19.1. The van der Waals surface area contributed by atoms with Gasteiger partial charge in [0.15, 0.2) is 23.1 Å². The van der Waals surface area contributed by atoms with Crippen LogP contribution in [0.15, 0.2) is 48.9 Å². The Morgan fingerprint density at radius 3 is 2.53 bits per heavy atom. The van der Waals surface area contributed by atoms with Gasteiger partial charge in [0.1, 0.15) is 5.82 Å². The van der Waals surface area contributed by atoms with Crippen molar-refractivity contribution < 1.29 is 13.6 Å². The van der Waals surface area contributed by atoms with E-state index in [1.165, 1.54) is 10.9 Å². The van der Waals surface area contributed by atoms with E-state index in [0.29, 0.717) is 36.0 Å². The molecule has 4 aromatic rings. The van der Waals surface area contributed by atoms with Crippen molar-refractivity contribution in [1.82, 2.24) is 29.9 Å². The zero-order valence-electron chi connectivity index (χ0n) is 21.5. The molecule has 1 fully saturated rings. The molecule has 4 heterocycles. The van der Waals surface area contributed by atoms with E-state index in [2.05, 4.69) is 20.3 Å². The van der Waals surface area contributed by atoms with E-state index in [9.17, 15) is 9.18 Å². The van der Waals surface area contributed by atoms with Gasteiger partial charge in [-0.25, -0.2) is 23.4 Å². The summed E-state index contributed by atoms with van der Waals surface area (Å²) in [5, 5.41) is 11.4. The van der Waals surface area contributed by atoms with Crippen molar-refractivity contribution in [3.8, 4) is 5.82 Å². The molecule has 38 heavy (non-hydrogen) atoms. The molecular weight excluding hydrogens is 490 g/mol. The summed E-state index contributed by atoms with van der Waals surface area (Å²) in [6.07, 6.45) is 5.25. The molecule has 1 saturated carbocycles. The summed E-state index contributed by atoms with van der Waals surface area (Å²) >= 11 is 0. The molecule has 0 radical (unpaired) electrons. The number of nitrogens with one attached hydrogen (secondary N) is 1. The lowest BCUT2D eigenvalue weighted by Crippen LogP contribution is -2.34. The van der Waals surface area contributed by atoms with Gasteiger partial charge in [-0.15, -0.1) is 0 Å². The molecule has 0 aliphatic heterocycles. The zero-order valence-corrected chi connectivity index (χ0v) is 21.5. The van der Waals surface area contributed by atoms with Gasteiger partial charge in [-0.05, 0) is 75.8 Å². The number of aromatic nitrogens is 6. The minimum absolute atomic E-state index is 0.187. The van der Waals surface area contributed by atoms with Crippen LogP contribution in [-0.4, -0.2) is 35.9 Å². The minimum atomic E-state index is -1.65. The maximum Gasteiger partial charge on any atom is 0.220 e. The van der Waals surface area contributed by atoms with Gasteiger partial charge in [-0.2, -0.15) is 10.2 Å². The van der Waals surface area contributed by atoms with Gasteiger partial charge in [0.05, 0.1) is 24.1 Å². The quantitative estimate of drug-likeness (QED) is 0.359. The molecule has 1 aliphatic rings. The summed E-state index contributed by atoms with van der Waals surface area (Å²) in [6.45, 7) is 5.80. The molecule has 0 bridgehead atoms. The normalized spacial score (nSPS) is 20.3. The Balaban J connectivity index is 1.50. The van der Waals surface area contributed by atoms with Gasteiger partial charge in [0.25, 0.3) is 0 Å². The Labute approximate surface area is 219 Å². The van der Waals surface area contributed by atoms with Crippen LogP contribution in [0.2, 0.25) is 0 Å². The van der Waals surface area contributed by atoms with Gasteiger partial charge < -0.3 is 10.6 Å². The highest BCUT2D eigenvalue weighted by Crippen LogP contribution is 2.43. The van der Waals surface area contributed by atoms with Crippen molar-refractivity contribution in [2.45, 2.75) is 58.2 Å². The number of anilines is 2. The van der Waals surface area contributed by atoms with Gasteiger partial charge in [0, 0.05) is 23.9 Å². The average Bonchev–Trinajstić information content (AvgIpc) is 3.52. The molecule has 198 valence electrons. The highest BCUT2D eigenvalue weighted by molar-refractivity contribution is 5.76. The molecule has 0 saturated heterocycles. The molecule has 0 unspecified atom stereocenters. The first-order valence-electron chi connectivity index (χ1n) is 12.6. The molecule has 5 rings (SSSR count). The van der Waals surface area contributed by atoms with Crippen LogP contribution < -0.4 is 10.6 Å². The van der Waals surface area contributed by atoms with Gasteiger partial charge in [-0.1, -0.05) is 6.07 Å². The molecule has 1 atom stereocenters. The van der Waals surface area contributed by atoms with E-state index < -0.39 is 11.5 Å². The second-order valence-electron chi connectivity index (χ2n) is 10.0. The lowest BCUT2D eigenvalue weighted by molar-refractivity contribution is -0.123. The van der Waals surface area contributed by atoms with Crippen molar-refractivity contribution in [1.29, 1.82) is 0 Å². The molecule has 0 spiro atoms. The molecule has 3 N–H and O–H groups in total. The van der Waals surface area contributed by atoms with Crippen LogP contribution in [0.3, 0.4) is 0 Å². The van der Waals surface area contributed by atoms with Crippen LogP contribution in [-0.2, 0) is 10.5 Å². The first-order valence-corrected chi connectivity index (χ1v) is 12.6. The molecule has 11 heteroatoms. The van der Waals surface area contributed by atoms with Crippen molar-refractivity contribution in [2.24, 2.45) is 11.7 Å². The van der Waals surface area contributed by atoms with E-state index in [-0.39, 0.29) is 30.7 Å². The van der Waals surface area contributed by atoms with Crippen LogP contribution in [0.25, 0.3) is 5.82 Å². The smallest absolute Gasteiger partial charge is 0.220 e. The number of nitrogens with zero attached hydrogens (tertiary/aromatic N) is 6. The number of amides is 1. The molecule has 0 aromatic carbocycles. The maximum absolute atomic E-state index is 16.2. The fourth-order valence-corrected chi connectivity index (χ4v) is 5.01.